The smallest absolute Gasteiger partial charge is 0.307 e. The number of nitrogens with zero attached hydrogens (tertiary/aromatic N) is 1. The molecule has 0 fully saturated rings. The van der Waals surface area contributed by atoms with E-state index < -0.39 is 28.2 Å². The average molecular weight is 469 g/mol. The zero-order valence-corrected chi connectivity index (χ0v) is 18.7. The van der Waals surface area contributed by atoms with Crippen LogP contribution >= 0.6 is 0 Å². The van der Waals surface area contributed by atoms with Crippen LogP contribution in [0.4, 0.5) is 15.8 Å². The molecule has 0 amide bonds. The zero-order valence-electron chi connectivity index (χ0n) is 17.9. The Morgan fingerprint density at radius 1 is 1.06 bits per heavy atom. The van der Waals surface area contributed by atoms with Crippen LogP contribution in [0, 0.1) is 12.7 Å². The fourth-order valence-electron chi connectivity index (χ4n) is 3.79. The second kappa shape index (κ2) is 8.59. The first-order valence-electron chi connectivity index (χ1n) is 9.98. The topological polar surface area (TPSA) is 97.6 Å². The summed E-state index contributed by atoms with van der Waals surface area (Å²) in [4.78, 5) is 11.4. The van der Waals surface area contributed by atoms with Gasteiger partial charge in [0.15, 0.2) is 0 Å². The van der Waals surface area contributed by atoms with Gasteiger partial charge in [0.05, 0.1) is 23.9 Å². The van der Waals surface area contributed by atoms with Gasteiger partial charge in [-0.15, -0.1) is 0 Å². The molecule has 0 saturated carbocycles. The summed E-state index contributed by atoms with van der Waals surface area (Å²) < 4.78 is 47.1. The predicted octanol–water partition coefficient (Wildman–Crippen LogP) is 4.71. The van der Waals surface area contributed by atoms with E-state index >= 15 is 0 Å². The average Bonchev–Trinajstić information content (AvgIpc) is 3.05. The summed E-state index contributed by atoms with van der Waals surface area (Å²) in [6.45, 7) is 1.52. The van der Waals surface area contributed by atoms with Crippen molar-refractivity contribution in [1.29, 1.82) is 0 Å². The number of nitrogens with one attached hydrogen (secondary N) is 1. The van der Waals surface area contributed by atoms with Crippen LogP contribution in [0.2, 0.25) is 0 Å². The minimum absolute atomic E-state index is 0.0184. The van der Waals surface area contributed by atoms with Crippen molar-refractivity contribution in [3.63, 3.8) is 0 Å². The maximum atomic E-state index is 13.9. The van der Waals surface area contributed by atoms with Gasteiger partial charge in [-0.25, -0.2) is 16.8 Å². The van der Waals surface area contributed by atoms with Crippen LogP contribution in [-0.2, 0) is 21.2 Å². The van der Waals surface area contributed by atoms with E-state index in [4.69, 9.17) is 4.74 Å². The highest BCUT2D eigenvalue weighted by Gasteiger charge is 2.26. The monoisotopic (exact) mass is 468 g/mol. The molecule has 0 atom stereocenters. The molecule has 4 aromatic rings. The van der Waals surface area contributed by atoms with Crippen molar-refractivity contribution >= 4 is 38.3 Å². The molecule has 1 heterocycles. The fourth-order valence-corrected chi connectivity index (χ4v) is 5.37. The number of hydrogen-bond donors (Lipinski definition) is 2. The summed E-state index contributed by atoms with van der Waals surface area (Å²) in [6.07, 6.45) is -0.419. The normalized spacial score (nSPS) is 11.5. The number of methoxy groups -OCH3 is 1. The molecule has 0 aliphatic rings. The number of carbonyl (C=O) groups is 1. The van der Waals surface area contributed by atoms with Crippen LogP contribution in [0.3, 0.4) is 0 Å². The predicted molar refractivity (Wildman–Crippen MR) is 123 cm³/mol. The Morgan fingerprint density at radius 2 is 1.79 bits per heavy atom. The third-order valence-corrected chi connectivity index (χ3v) is 7.14. The molecule has 33 heavy (non-hydrogen) atoms. The maximum absolute atomic E-state index is 13.9. The van der Waals surface area contributed by atoms with E-state index in [9.17, 15) is 22.7 Å². The van der Waals surface area contributed by atoms with E-state index in [-0.39, 0.29) is 27.1 Å². The van der Waals surface area contributed by atoms with Crippen molar-refractivity contribution in [2.45, 2.75) is 18.2 Å². The first kappa shape index (κ1) is 22.3. The summed E-state index contributed by atoms with van der Waals surface area (Å²) in [7, 11) is -2.50. The van der Waals surface area contributed by atoms with Gasteiger partial charge in [0.1, 0.15) is 11.6 Å². The number of benzene rings is 3. The number of anilines is 2. The highest BCUT2D eigenvalue weighted by Crippen LogP contribution is 2.31. The zero-order chi connectivity index (χ0) is 23.8. The van der Waals surface area contributed by atoms with Gasteiger partial charge in [-0.3, -0.25) is 4.79 Å². The number of rotatable bonds is 7. The number of hydrogen-bond acceptors (Lipinski definition) is 5. The largest absolute Gasteiger partial charge is 0.497 e. The molecule has 0 spiro atoms. The fraction of sp³-hybridized carbons (Fsp3) is 0.125. The second-order valence-corrected chi connectivity index (χ2v) is 9.23. The Hall–Kier alpha value is -3.85. The molecular formula is C24H21FN2O5S. The number of aliphatic carboxylic acids is 1. The molecule has 9 heteroatoms. The molecule has 3 aromatic carbocycles. The molecule has 4 rings (SSSR count). The summed E-state index contributed by atoms with van der Waals surface area (Å²) in [5.74, 6) is -1.02. The number of aromatic nitrogens is 1. The van der Waals surface area contributed by atoms with Crippen LogP contribution < -0.4 is 10.1 Å². The van der Waals surface area contributed by atoms with E-state index in [0.29, 0.717) is 11.4 Å². The van der Waals surface area contributed by atoms with Crippen molar-refractivity contribution in [2.24, 2.45) is 0 Å². The Kier molecular flexibility index (Phi) is 5.82. The van der Waals surface area contributed by atoms with Crippen molar-refractivity contribution in [3.05, 3.63) is 83.8 Å². The van der Waals surface area contributed by atoms with E-state index in [1.54, 1.807) is 19.2 Å². The third kappa shape index (κ3) is 4.27. The maximum Gasteiger partial charge on any atom is 0.307 e. The van der Waals surface area contributed by atoms with Crippen molar-refractivity contribution in [1.82, 2.24) is 3.97 Å². The lowest BCUT2D eigenvalue weighted by Crippen LogP contribution is -2.15. The van der Waals surface area contributed by atoms with Gasteiger partial charge < -0.3 is 15.2 Å². The minimum Gasteiger partial charge on any atom is -0.497 e. The molecule has 0 saturated heterocycles. The molecule has 0 aliphatic heterocycles. The van der Waals surface area contributed by atoms with Gasteiger partial charge in [0, 0.05) is 28.5 Å². The highest BCUT2D eigenvalue weighted by molar-refractivity contribution is 7.90. The standard InChI is InChI=1S/C24H21FN2O5S/c1-15-21(14-24(28)29)22-12-16(25)6-11-23(22)27(15)33(30,31)20-9-7-17(8-10-20)26-18-4-3-5-19(13-18)32-2/h3-13,26H,14H2,1-2H3,(H,28,29). The number of halogens is 1. The molecule has 0 unspecified atom stereocenters. The van der Waals surface area contributed by atoms with Crippen LogP contribution in [0.25, 0.3) is 10.9 Å². The first-order chi connectivity index (χ1) is 15.7. The van der Waals surface area contributed by atoms with Gasteiger partial charge in [-0.2, -0.15) is 0 Å². The van der Waals surface area contributed by atoms with Crippen LogP contribution in [0.15, 0.2) is 71.6 Å². The Bertz CT molecular complexity index is 1460. The minimum atomic E-state index is -4.07. The van der Waals surface area contributed by atoms with E-state index in [0.717, 1.165) is 21.8 Å². The number of ether oxygens (including phenoxy) is 1. The summed E-state index contributed by atoms with van der Waals surface area (Å²) >= 11 is 0. The van der Waals surface area contributed by atoms with Gasteiger partial charge in [0.2, 0.25) is 0 Å². The van der Waals surface area contributed by atoms with E-state index in [2.05, 4.69) is 5.32 Å². The van der Waals surface area contributed by atoms with E-state index in [1.807, 2.05) is 24.3 Å². The molecule has 0 radical (unpaired) electrons. The van der Waals surface area contributed by atoms with Gasteiger partial charge in [-0.05, 0) is 67.1 Å². The number of carboxylic acid groups (broad SMARTS) is 1. The lowest BCUT2D eigenvalue weighted by Gasteiger charge is -2.12. The van der Waals surface area contributed by atoms with Crippen molar-refractivity contribution < 1.29 is 27.4 Å². The second-order valence-electron chi connectivity index (χ2n) is 7.45. The molecule has 2 N–H and O–H groups in total. The van der Waals surface area contributed by atoms with Gasteiger partial charge in [0.25, 0.3) is 10.0 Å². The molecule has 0 aliphatic carbocycles. The van der Waals surface area contributed by atoms with Crippen LogP contribution in [-0.4, -0.2) is 30.6 Å². The van der Waals surface area contributed by atoms with Gasteiger partial charge in [-0.1, -0.05) is 6.07 Å². The number of fused-ring (bicyclic) bond motifs is 1. The summed E-state index contributed by atoms with van der Waals surface area (Å²) in [5, 5.41) is 12.7. The molecule has 0 bridgehead atoms. The van der Waals surface area contributed by atoms with Crippen LogP contribution in [0.1, 0.15) is 11.3 Å². The Labute approximate surface area is 190 Å². The summed E-state index contributed by atoms with van der Waals surface area (Å²) in [5.41, 5.74) is 2.17. The summed E-state index contributed by atoms with van der Waals surface area (Å²) in [6, 6.07) is 17.2. The molecule has 7 nitrogen and oxygen atoms in total. The lowest BCUT2D eigenvalue weighted by molar-refractivity contribution is -0.136. The van der Waals surface area contributed by atoms with Gasteiger partial charge >= 0.3 is 5.97 Å². The molecule has 170 valence electrons. The third-order valence-electron chi connectivity index (χ3n) is 5.32. The SMILES string of the molecule is COc1cccc(Nc2ccc(S(=O)(=O)n3c(C)c(CC(=O)O)c4cc(F)ccc43)cc2)c1. The highest BCUT2D eigenvalue weighted by atomic mass is 32.2. The quantitative estimate of drug-likeness (QED) is 0.408. The van der Waals surface area contributed by atoms with Crippen molar-refractivity contribution in [3.8, 4) is 5.75 Å². The van der Waals surface area contributed by atoms with Crippen LogP contribution in [0.5, 0.6) is 5.75 Å². The van der Waals surface area contributed by atoms with E-state index in [1.165, 1.54) is 25.1 Å². The van der Waals surface area contributed by atoms with Crippen molar-refractivity contribution in [2.75, 3.05) is 12.4 Å². The molecule has 1 aromatic heterocycles. The number of carboxylic acids is 1. The molecular weight excluding hydrogens is 447 g/mol. The lowest BCUT2D eigenvalue weighted by atomic mass is 10.1. The Morgan fingerprint density at radius 3 is 2.45 bits per heavy atom. The Balaban J connectivity index is 1.74. The first-order valence-corrected chi connectivity index (χ1v) is 11.4.